The van der Waals surface area contributed by atoms with Crippen molar-refractivity contribution < 1.29 is 29.0 Å². The molecule has 0 spiro atoms. The van der Waals surface area contributed by atoms with E-state index in [2.05, 4.69) is 5.32 Å². The summed E-state index contributed by atoms with van der Waals surface area (Å²) < 4.78 is 5.13. The number of ketones is 1. The normalized spacial score (nSPS) is 15.3. The number of rotatable bonds is 7. The molecule has 9 nitrogen and oxygen atoms in total. The lowest BCUT2D eigenvalue weighted by Crippen LogP contribution is -2.41. The summed E-state index contributed by atoms with van der Waals surface area (Å²) in [6, 6.07) is 13.9. The molecule has 0 radical (unpaired) electrons. The van der Waals surface area contributed by atoms with Crippen LogP contribution in [0.15, 0.2) is 48.5 Å². The molecular weight excluding hydrogens is 462 g/mol. The first-order valence-corrected chi connectivity index (χ1v) is 12.2. The fraction of sp³-hybridized carbons (Fsp3) is 0.407. The molecule has 2 heterocycles. The molecule has 36 heavy (non-hydrogen) atoms. The van der Waals surface area contributed by atoms with E-state index in [1.54, 1.807) is 36.1 Å². The van der Waals surface area contributed by atoms with Crippen LogP contribution >= 0.6 is 0 Å². The molecule has 0 bridgehead atoms. The van der Waals surface area contributed by atoms with Crippen molar-refractivity contribution in [1.29, 1.82) is 0 Å². The summed E-state index contributed by atoms with van der Waals surface area (Å²) in [6.45, 7) is 8.63. The third kappa shape index (κ3) is 7.47. The molecule has 2 aromatic carbocycles. The highest BCUT2D eigenvalue weighted by atomic mass is 16.5. The fourth-order valence-corrected chi connectivity index (χ4v) is 3.47. The summed E-state index contributed by atoms with van der Waals surface area (Å²) in [5.41, 5.74) is 2.28. The van der Waals surface area contributed by atoms with Crippen molar-refractivity contribution in [2.75, 3.05) is 43.1 Å². The van der Waals surface area contributed by atoms with Gasteiger partial charge in [0.05, 0.1) is 30.4 Å². The number of imide groups is 1. The molecule has 2 aliphatic rings. The minimum atomic E-state index is -0.919. The summed E-state index contributed by atoms with van der Waals surface area (Å²) in [5.74, 6) is -0.591. The van der Waals surface area contributed by atoms with Crippen LogP contribution in [0.25, 0.3) is 0 Å². The van der Waals surface area contributed by atoms with Crippen molar-refractivity contribution in [1.82, 2.24) is 4.90 Å². The van der Waals surface area contributed by atoms with Crippen LogP contribution < -0.4 is 10.2 Å². The van der Waals surface area contributed by atoms with Crippen LogP contribution in [0.4, 0.5) is 11.4 Å². The number of anilines is 2. The van der Waals surface area contributed by atoms with Gasteiger partial charge in [0, 0.05) is 30.9 Å². The average molecular weight is 498 g/mol. The van der Waals surface area contributed by atoms with E-state index >= 15 is 0 Å². The third-order valence-corrected chi connectivity index (χ3v) is 5.48. The first-order valence-electron chi connectivity index (χ1n) is 12.2. The number of hydrogen-bond donors (Lipinski definition) is 2. The van der Waals surface area contributed by atoms with E-state index in [0.717, 1.165) is 16.3 Å². The number of benzene rings is 2. The van der Waals surface area contributed by atoms with Gasteiger partial charge >= 0.3 is 0 Å². The van der Waals surface area contributed by atoms with Gasteiger partial charge in [-0.3, -0.25) is 19.3 Å². The topological polar surface area (TPSA) is 116 Å². The van der Waals surface area contributed by atoms with Gasteiger partial charge in [-0.1, -0.05) is 32.9 Å². The van der Waals surface area contributed by atoms with Gasteiger partial charge in [-0.25, -0.2) is 0 Å². The second kappa shape index (κ2) is 14.1. The molecule has 0 aromatic heterocycles. The second-order valence-electron chi connectivity index (χ2n) is 8.00. The molecule has 1 atom stereocenters. The van der Waals surface area contributed by atoms with E-state index in [4.69, 9.17) is 4.74 Å². The van der Waals surface area contributed by atoms with E-state index in [0.29, 0.717) is 30.7 Å². The summed E-state index contributed by atoms with van der Waals surface area (Å²) in [5, 5.41) is 13.4. The van der Waals surface area contributed by atoms with Gasteiger partial charge in [0.2, 0.25) is 0 Å². The highest BCUT2D eigenvalue weighted by molar-refractivity contribution is 6.21. The van der Waals surface area contributed by atoms with Crippen molar-refractivity contribution >= 4 is 34.9 Å². The van der Waals surface area contributed by atoms with Crippen LogP contribution in [0, 0.1) is 0 Å². The van der Waals surface area contributed by atoms with Crippen molar-refractivity contribution in [2.45, 2.75) is 40.2 Å². The standard InChI is InChI=1S/C21H21N3O5.C4H8O.C2H6/c25-16(12-24-20(27)17-3-1-2-4-18(17)21(24)28)11-22-14-5-7-15(8-6-14)23-9-10-29-13-19(23)26;1-3-4(2)5;1-2/h1-8,16,22,25H,9-13H2;3H2,1-2H3;1-2H3. The Labute approximate surface area is 212 Å². The first-order chi connectivity index (χ1) is 17.3. The largest absolute Gasteiger partial charge is 0.389 e. The lowest BCUT2D eigenvalue weighted by atomic mass is 10.1. The minimum absolute atomic E-state index is 0.0756. The molecule has 194 valence electrons. The highest BCUT2D eigenvalue weighted by Gasteiger charge is 2.36. The number of hydrogen-bond acceptors (Lipinski definition) is 7. The lowest BCUT2D eigenvalue weighted by molar-refractivity contribution is -0.125. The van der Waals surface area contributed by atoms with E-state index in [1.165, 1.54) is 0 Å². The zero-order chi connectivity index (χ0) is 26.7. The van der Waals surface area contributed by atoms with Crippen LogP contribution in [0.5, 0.6) is 0 Å². The van der Waals surface area contributed by atoms with Crippen LogP contribution in [0.3, 0.4) is 0 Å². The Morgan fingerprint density at radius 1 is 1.03 bits per heavy atom. The van der Waals surface area contributed by atoms with Crippen molar-refractivity contribution in [3.8, 4) is 0 Å². The molecule has 1 saturated heterocycles. The number of Topliss-reactive ketones (excluding diaryl/α,β-unsaturated/α-hetero) is 1. The van der Waals surface area contributed by atoms with Crippen LogP contribution in [0.2, 0.25) is 0 Å². The van der Waals surface area contributed by atoms with Gasteiger partial charge in [0.25, 0.3) is 17.7 Å². The number of nitrogens with one attached hydrogen (secondary N) is 1. The molecule has 2 aromatic rings. The third-order valence-electron chi connectivity index (χ3n) is 5.48. The Kier molecular flexibility index (Phi) is 11.2. The smallest absolute Gasteiger partial charge is 0.261 e. The number of fused-ring (bicyclic) bond motifs is 1. The summed E-state index contributed by atoms with van der Waals surface area (Å²) >= 11 is 0. The maximum absolute atomic E-state index is 12.4. The predicted molar refractivity (Wildman–Crippen MR) is 138 cm³/mol. The Bertz CT molecular complexity index is 1020. The van der Waals surface area contributed by atoms with Crippen LogP contribution in [-0.4, -0.2) is 72.5 Å². The molecule has 9 heteroatoms. The maximum atomic E-state index is 12.4. The number of ether oxygens (including phenoxy) is 1. The second-order valence-corrected chi connectivity index (χ2v) is 8.00. The molecule has 0 aliphatic carbocycles. The SMILES string of the molecule is CC.CCC(C)=O.O=C1c2ccccc2C(=O)N1CC(O)CNc1ccc(N2CCOCC2=O)cc1. The number of carbonyl (C=O) groups is 4. The molecule has 2 aliphatic heterocycles. The quantitative estimate of drug-likeness (QED) is 0.565. The summed E-state index contributed by atoms with van der Waals surface area (Å²) in [6.07, 6.45) is -0.252. The molecule has 1 fully saturated rings. The summed E-state index contributed by atoms with van der Waals surface area (Å²) in [4.78, 5) is 49.2. The van der Waals surface area contributed by atoms with Gasteiger partial charge in [0.15, 0.2) is 0 Å². The number of aliphatic hydroxyl groups is 1. The Balaban J connectivity index is 0.000000583. The monoisotopic (exact) mass is 497 g/mol. The molecule has 1 unspecified atom stereocenters. The molecule has 3 amide bonds. The molecule has 0 saturated carbocycles. The van der Waals surface area contributed by atoms with E-state index in [1.807, 2.05) is 45.0 Å². The number of morpholine rings is 1. The Hall–Kier alpha value is -3.56. The molecule has 4 rings (SSSR count). The Morgan fingerprint density at radius 2 is 1.58 bits per heavy atom. The lowest BCUT2D eigenvalue weighted by Gasteiger charge is -2.27. The van der Waals surface area contributed by atoms with Crippen molar-refractivity contribution in [3.05, 3.63) is 59.7 Å². The van der Waals surface area contributed by atoms with Gasteiger partial charge in [-0.15, -0.1) is 0 Å². The highest BCUT2D eigenvalue weighted by Crippen LogP contribution is 2.23. The number of β-amino-alcohol motifs (C(OH)–C–C–N with tert-alkyl or cyclic N) is 1. The number of carbonyl (C=O) groups excluding carboxylic acids is 4. The van der Waals surface area contributed by atoms with Gasteiger partial charge < -0.3 is 24.9 Å². The van der Waals surface area contributed by atoms with E-state index in [9.17, 15) is 24.3 Å². The fourth-order valence-electron chi connectivity index (χ4n) is 3.47. The molecule has 2 N–H and O–H groups in total. The van der Waals surface area contributed by atoms with Gasteiger partial charge in [-0.2, -0.15) is 0 Å². The number of amides is 3. The predicted octanol–water partition coefficient (Wildman–Crippen LogP) is 3.13. The molecular formula is C27H35N3O6. The number of nitrogens with zero attached hydrogens (tertiary/aromatic N) is 2. The first kappa shape index (κ1) is 28.7. The van der Waals surface area contributed by atoms with Crippen LogP contribution in [0.1, 0.15) is 54.8 Å². The maximum Gasteiger partial charge on any atom is 0.261 e. The zero-order valence-electron chi connectivity index (χ0n) is 21.3. The number of aliphatic hydroxyl groups excluding tert-OH is 1. The van der Waals surface area contributed by atoms with Crippen molar-refractivity contribution in [3.63, 3.8) is 0 Å². The van der Waals surface area contributed by atoms with E-state index in [-0.39, 0.29) is 43.2 Å². The minimum Gasteiger partial charge on any atom is -0.389 e. The van der Waals surface area contributed by atoms with Gasteiger partial charge in [0.1, 0.15) is 12.4 Å². The zero-order valence-corrected chi connectivity index (χ0v) is 21.3. The Morgan fingerprint density at radius 3 is 2.08 bits per heavy atom. The summed E-state index contributed by atoms with van der Waals surface area (Å²) in [7, 11) is 0. The van der Waals surface area contributed by atoms with Gasteiger partial charge in [-0.05, 0) is 43.3 Å². The average Bonchev–Trinajstić information content (AvgIpc) is 3.14. The van der Waals surface area contributed by atoms with Crippen molar-refractivity contribution in [2.24, 2.45) is 0 Å². The van der Waals surface area contributed by atoms with Crippen LogP contribution in [-0.2, 0) is 14.3 Å². The van der Waals surface area contributed by atoms with E-state index < -0.39 is 6.10 Å².